The van der Waals surface area contributed by atoms with E-state index in [9.17, 15) is 10.1 Å². The fourth-order valence-corrected chi connectivity index (χ4v) is 6.22. The van der Waals surface area contributed by atoms with Gasteiger partial charge < -0.3 is 4.90 Å². The SMILES string of the molecule is Cc1c(C#N)c(=O)n2c(CCCCCC(C)(C)C)nnc2/c1=C/C=C1\N2CCCc3cccc(c32)C1(C)C. The van der Waals surface area contributed by atoms with Crippen LogP contribution in [0.2, 0.25) is 0 Å². The largest absolute Gasteiger partial charge is 0.344 e. The molecule has 3 aromatic rings. The van der Waals surface area contributed by atoms with Crippen molar-refractivity contribution in [3.05, 3.63) is 73.6 Å². The molecule has 0 aliphatic carbocycles. The molecular formula is C32H39N5O. The van der Waals surface area contributed by atoms with E-state index in [1.807, 2.05) is 13.0 Å². The Hall–Kier alpha value is -3.46. The van der Waals surface area contributed by atoms with Crippen LogP contribution >= 0.6 is 0 Å². The molecule has 0 N–H and O–H groups in total. The normalized spacial score (nSPS) is 17.9. The lowest BCUT2D eigenvalue weighted by atomic mass is 9.83. The average Bonchev–Trinajstić information content (AvgIpc) is 3.37. The first kappa shape index (κ1) is 26.2. The molecule has 0 spiro atoms. The quantitative estimate of drug-likeness (QED) is 0.408. The average molecular weight is 510 g/mol. The Balaban J connectivity index is 1.56. The van der Waals surface area contributed by atoms with Crippen LogP contribution in [0.1, 0.15) is 94.8 Å². The lowest BCUT2D eigenvalue weighted by Gasteiger charge is -2.30. The van der Waals surface area contributed by atoms with Crippen molar-refractivity contribution in [1.29, 1.82) is 5.26 Å². The molecule has 38 heavy (non-hydrogen) atoms. The Morgan fingerprint density at radius 3 is 2.66 bits per heavy atom. The Morgan fingerprint density at radius 2 is 1.92 bits per heavy atom. The van der Waals surface area contributed by atoms with Crippen LogP contribution in [0.4, 0.5) is 5.69 Å². The Labute approximate surface area is 225 Å². The van der Waals surface area contributed by atoms with Gasteiger partial charge in [0.1, 0.15) is 17.5 Å². The molecule has 0 atom stereocenters. The van der Waals surface area contributed by atoms with E-state index in [1.165, 1.54) is 28.9 Å². The highest BCUT2D eigenvalue weighted by atomic mass is 16.1. The van der Waals surface area contributed by atoms with E-state index in [4.69, 9.17) is 0 Å². The highest BCUT2D eigenvalue weighted by molar-refractivity contribution is 5.76. The number of benzene rings is 1. The van der Waals surface area contributed by atoms with Crippen molar-refractivity contribution in [2.75, 3.05) is 11.4 Å². The molecule has 0 unspecified atom stereocenters. The van der Waals surface area contributed by atoms with E-state index in [2.05, 4.69) is 80.1 Å². The number of allylic oxidation sites excluding steroid dienone is 2. The molecule has 4 heterocycles. The molecule has 0 amide bonds. The maximum atomic E-state index is 13.3. The van der Waals surface area contributed by atoms with Gasteiger partial charge in [-0.05, 0) is 66.9 Å². The van der Waals surface area contributed by atoms with Crippen LogP contribution in [0.3, 0.4) is 0 Å². The van der Waals surface area contributed by atoms with Crippen molar-refractivity contribution >= 4 is 17.4 Å². The number of aryl methyl sites for hydroxylation is 2. The maximum Gasteiger partial charge on any atom is 0.276 e. The molecule has 1 aromatic carbocycles. The molecule has 2 aliphatic heterocycles. The molecule has 0 saturated heterocycles. The molecule has 5 rings (SSSR count). The lowest BCUT2D eigenvalue weighted by Crippen LogP contribution is -2.30. The molecule has 2 aromatic heterocycles. The zero-order chi connectivity index (χ0) is 27.2. The first-order valence-corrected chi connectivity index (χ1v) is 14.0. The first-order chi connectivity index (χ1) is 18.0. The molecule has 0 radical (unpaired) electrons. The Bertz CT molecular complexity index is 1580. The van der Waals surface area contributed by atoms with Crippen molar-refractivity contribution in [3.8, 4) is 6.07 Å². The van der Waals surface area contributed by atoms with Crippen LogP contribution in [0.5, 0.6) is 0 Å². The van der Waals surface area contributed by atoms with E-state index >= 15 is 0 Å². The van der Waals surface area contributed by atoms with Gasteiger partial charge in [0.05, 0.1) is 0 Å². The highest BCUT2D eigenvalue weighted by Gasteiger charge is 2.42. The molecule has 0 saturated carbocycles. The van der Waals surface area contributed by atoms with Gasteiger partial charge in [-0.3, -0.25) is 4.79 Å². The molecule has 0 bridgehead atoms. The molecule has 2 aliphatic rings. The van der Waals surface area contributed by atoms with Crippen molar-refractivity contribution in [2.45, 2.75) is 91.9 Å². The second-order valence-electron chi connectivity index (χ2n) is 12.6. The minimum absolute atomic E-state index is 0.140. The van der Waals surface area contributed by atoms with Gasteiger partial charge in [-0.1, -0.05) is 65.7 Å². The first-order valence-electron chi connectivity index (χ1n) is 14.0. The van der Waals surface area contributed by atoms with Gasteiger partial charge in [0.15, 0.2) is 5.65 Å². The monoisotopic (exact) mass is 509 g/mol. The Morgan fingerprint density at radius 1 is 1.13 bits per heavy atom. The van der Waals surface area contributed by atoms with Gasteiger partial charge in [-0.25, -0.2) is 4.40 Å². The minimum atomic E-state index is -0.311. The zero-order valence-corrected chi connectivity index (χ0v) is 23.7. The number of unbranched alkanes of at least 4 members (excludes halogenated alkanes) is 2. The van der Waals surface area contributed by atoms with Crippen LogP contribution in [0.25, 0.3) is 11.7 Å². The van der Waals surface area contributed by atoms with Crippen LogP contribution in [0, 0.1) is 23.7 Å². The summed E-state index contributed by atoms with van der Waals surface area (Å²) in [4.78, 5) is 15.8. The number of fused-ring (bicyclic) bond motifs is 1. The van der Waals surface area contributed by atoms with Crippen LogP contribution in [0.15, 0.2) is 34.8 Å². The number of hydrogen-bond acceptors (Lipinski definition) is 5. The number of rotatable bonds is 6. The summed E-state index contributed by atoms with van der Waals surface area (Å²) in [5.41, 5.74) is 6.62. The van der Waals surface area contributed by atoms with E-state index in [0.717, 1.165) is 43.9 Å². The number of aromatic nitrogens is 3. The van der Waals surface area contributed by atoms with Crippen molar-refractivity contribution in [1.82, 2.24) is 14.6 Å². The van der Waals surface area contributed by atoms with Gasteiger partial charge in [-0.2, -0.15) is 5.26 Å². The van der Waals surface area contributed by atoms with Crippen molar-refractivity contribution in [3.63, 3.8) is 0 Å². The summed E-state index contributed by atoms with van der Waals surface area (Å²) in [6.07, 6.45) is 11.5. The third-order valence-electron chi connectivity index (χ3n) is 8.34. The maximum absolute atomic E-state index is 13.3. The summed E-state index contributed by atoms with van der Waals surface area (Å²) in [5.74, 6) is 0.647. The molecule has 0 fully saturated rings. The summed E-state index contributed by atoms with van der Waals surface area (Å²) in [7, 11) is 0. The van der Waals surface area contributed by atoms with Gasteiger partial charge in [-0.15, -0.1) is 10.2 Å². The summed E-state index contributed by atoms with van der Waals surface area (Å²) in [6, 6.07) is 8.82. The molecule has 198 valence electrons. The van der Waals surface area contributed by atoms with E-state index in [0.29, 0.717) is 28.9 Å². The number of pyridine rings is 1. The molecular weight excluding hydrogens is 470 g/mol. The van der Waals surface area contributed by atoms with Gasteiger partial charge in [0, 0.05) is 35.0 Å². The highest BCUT2D eigenvalue weighted by Crippen LogP contribution is 2.50. The minimum Gasteiger partial charge on any atom is -0.344 e. The Kier molecular flexibility index (Phi) is 6.67. The predicted molar refractivity (Wildman–Crippen MR) is 153 cm³/mol. The van der Waals surface area contributed by atoms with E-state index < -0.39 is 0 Å². The number of para-hydroxylation sites is 1. The van der Waals surface area contributed by atoms with Crippen LogP contribution in [-0.4, -0.2) is 21.1 Å². The third-order valence-corrected chi connectivity index (χ3v) is 8.34. The van der Waals surface area contributed by atoms with Crippen LogP contribution in [-0.2, 0) is 18.3 Å². The zero-order valence-electron chi connectivity index (χ0n) is 23.7. The molecule has 6 heteroatoms. The third kappa shape index (κ3) is 4.42. The smallest absolute Gasteiger partial charge is 0.276 e. The number of nitrogens with zero attached hydrogens (tertiary/aromatic N) is 5. The fraction of sp³-hybridized carbons (Fsp3) is 0.500. The summed E-state index contributed by atoms with van der Waals surface area (Å²) >= 11 is 0. The predicted octanol–water partition coefficient (Wildman–Crippen LogP) is 5.55. The van der Waals surface area contributed by atoms with Gasteiger partial charge in [0.2, 0.25) is 0 Å². The van der Waals surface area contributed by atoms with E-state index in [-0.39, 0.29) is 16.5 Å². The molecule has 6 nitrogen and oxygen atoms in total. The summed E-state index contributed by atoms with van der Waals surface area (Å²) in [5, 5.41) is 19.6. The number of nitriles is 1. The number of hydrogen-bond donors (Lipinski definition) is 0. The second-order valence-corrected chi connectivity index (χ2v) is 12.6. The van der Waals surface area contributed by atoms with E-state index in [1.54, 1.807) is 4.40 Å². The van der Waals surface area contributed by atoms with Gasteiger partial charge in [0.25, 0.3) is 5.56 Å². The topological polar surface area (TPSA) is 74.3 Å². The summed E-state index contributed by atoms with van der Waals surface area (Å²) in [6.45, 7) is 14.2. The number of anilines is 1. The van der Waals surface area contributed by atoms with Crippen LogP contribution < -0.4 is 15.7 Å². The lowest BCUT2D eigenvalue weighted by molar-refractivity contribution is 0.358. The van der Waals surface area contributed by atoms with Gasteiger partial charge >= 0.3 is 0 Å². The fourth-order valence-electron chi connectivity index (χ4n) is 6.22. The standard InChI is InChI=1S/C32H39N5O/c1-21-23(16-17-26-32(5,6)25-14-10-12-22-13-11-19-36(26)28(22)25)29-35-34-27(37(29)30(38)24(21)20-33)15-8-7-9-18-31(2,3)4/h10,12,14,16-17H,7-9,11,13,15,18-19H2,1-6H3/b23-16+,26-17-. The second kappa shape index (κ2) is 9.69. The van der Waals surface area contributed by atoms with Crippen molar-refractivity contribution < 1.29 is 0 Å². The summed E-state index contributed by atoms with van der Waals surface area (Å²) < 4.78 is 1.58. The van der Waals surface area contributed by atoms with Crippen molar-refractivity contribution in [2.24, 2.45) is 5.41 Å².